The van der Waals surface area contributed by atoms with Gasteiger partial charge in [-0.2, -0.15) is 0 Å². The third-order valence-corrected chi connectivity index (χ3v) is 1.79. The van der Waals surface area contributed by atoms with Gasteiger partial charge < -0.3 is 9.84 Å². The molecule has 1 rings (SSSR count). The minimum absolute atomic E-state index is 0.160. The van der Waals surface area contributed by atoms with Crippen molar-refractivity contribution in [2.75, 3.05) is 7.11 Å². The summed E-state index contributed by atoms with van der Waals surface area (Å²) >= 11 is 0. The molecule has 0 bridgehead atoms. The highest BCUT2D eigenvalue weighted by molar-refractivity contribution is 5.91. The molecule has 0 unspecified atom stereocenters. The summed E-state index contributed by atoms with van der Waals surface area (Å²) in [7, 11) is 1.41. The van der Waals surface area contributed by atoms with E-state index in [1.807, 2.05) is 6.92 Å². The molecule has 0 saturated heterocycles. The molecule has 0 saturated carbocycles. The number of methoxy groups -OCH3 is 1. The van der Waals surface area contributed by atoms with Crippen molar-refractivity contribution < 1.29 is 14.6 Å². The van der Waals surface area contributed by atoms with Gasteiger partial charge >= 0.3 is 5.97 Å². The number of carboxylic acid groups (broad SMARTS) is 1. The van der Waals surface area contributed by atoms with Gasteiger partial charge in [0.15, 0.2) is 0 Å². The molecule has 0 aliphatic heterocycles. The van der Waals surface area contributed by atoms with Gasteiger partial charge in [0, 0.05) is 6.20 Å². The van der Waals surface area contributed by atoms with Crippen molar-refractivity contribution in [2.24, 2.45) is 0 Å². The number of hydrogen-bond donors (Lipinski definition) is 1. The summed E-state index contributed by atoms with van der Waals surface area (Å²) in [5, 5.41) is 8.89. The van der Waals surface area contributed by atoms with E-state index in [9.17, 15) is 4.79 Å². The van der Waals surface area contributed by atoms with E-state index in [1.165, 1.54) is 7.11 Å². The van der Waals surface area contributed by atoms with Gasteiger partial charge in [-0.05, 0) is 18.1 Å². The number of aromatic carboxylic acids is 1. The molecule has 0 fully saturated rings. The number of ether oxygens (including phenoxy) is 1. The standard InChI is InChI=1S/C9H11NO3/c1-3-6-4-5-10-8(13-2)7(6)9(11)12/h4-5H,3H2,1-2H3,(H,11,12). The minimum atomic E-state index is -0.998. The van der Waals surface area contributed by atoms with E-state index in [0.29, 0.717) is 6.42 Å². The maximum atomic E-state index is 10.8. The molecule has 4 heteroatoms. The average Bonchev–Trinajstić information content (AvgIpc) is 2.16. The highest BCUT2D eigenvalue weighted by Crippen LogP contribution is 2.19. The number of rotatable bonds is 3. The zero-order chi connectivity index (χ0) is 9.84. The van der Waals surface area contributed by atoms with Crippen LogP contribution in [0.15, 0.2) is 12.3 Å². The first-order chi connectivity index (χ1) is 6.20. The molecule has 70 valence electrons. The number of aromatic nitrogens is 1. The van der Waals surface area contributed by atoms with Gasteiger partial charge in [0.2, 0.25) is 5.88 Å². The van der Waals surface area contributed by atoms with E-state index in [1.54, 1.807) is 12.3 Å². The molecule has 1 aromatic rings. The van der Waals surface area contributed by atoms with Gasteiger partial charge in [0.05, 0.1) is 7.11 Å². The Morgan fingerprint density at radius 3 is 2.85 bits per heavy atom. The van der Waals surface area contributed by atoms with Crippen LogP contribution in [0.4, 0.5) is 0 Å². The Kier molecular flexibility index (Phi) is 2.84. The fourth-order valence-electron chi connectivity index (χ4n) is 1.16. The lowest BCUT2D eigenvalue weighted by Crippen LogP contribution is -2.06. The topological polar surface area (TPSA) is 59.4 Å². The number of carboxylic acids is 1. The molecule has 0 aliphatic rings. The summed E-state index contributed by atoms with van der Waals surface area (Å²) in [4.78, 5) is 14.7. The second-order valence-corrected chi connectivity index (χ2v) is 2.51. The van der Waals surface area contributed by atoms with Gasteiger partial charge in [-0.15, -0.1) is 0 Å². The SMILES string of the molecule is CCc1ccnc(OC)c1C(=O)O. The number of hydrogen-bond acceptors (Lipinski definition) is 3. The third-order valence-electron chi connectivity index (χ3n) is 1.79. The van der Waals surface area contributed by atoms with Gasteiger partial charge in [-0.1, -0.05) is 6.92 Å². The number of pyridine rings is 1. The van der Waals surface area contributed by atoms with E-state index in [4.69, 9.17) is 9.84 Å². The zero-order valence-electron chi connectivity index (χ0n) is 7.57. The fourth-order valence-corrected chi connectivity index (χ4v) is 1.16. The van der Waals surface area contributed by atoms with Crippen molar-refractivity contribution in [3.05, 3.63) is 23.4 Å². The highest BCUT2D eigenvalue weighted by Gasteiger charge is 2.15. The second-order valence-electron chi connectivity index (χ2n) is 2.51. The molecule has 1 heterocycles. The first-order valence-corrected chi connectivity index (χ1v) is 3.95. The monoisotopic (exact) mass is 181 g/mol. The summed E-state index contributed by atoms with van der Waals surface area (Å²) in [5.41, 5.74) is 0.895. The van der Waals surface area contributed by atoms with Crippen LogP contribution in [0.3, 0.4) is 0 Å². The molecule has 0 radical (unpaired) electrons. The molecular formula is C9H11NO3. The second kappa shape index (κ2) is 3.89. The first kappa shape index (κ1) is 9.51. The molecular weight excluding hydrogens is 170 g/mol. The van der Waals surface area contributed by atoms with E-state index in [0.717, 1.165) is 5.56 Å². The van der Waals surface area contributed by atoms with Crippen LogP contribution in [-0.4, -0.2) is 23.2 Å². The van der Waals surface area contributed by atoms with Crippen LogP contribution in [-0.2, 0) is 6.42 Å². The quantitative estimate of drug-likeness (QED) is 0.764. The Bertz CT molecular complexity index is 300. The Balaban J connectivity index is 3.29. The van der Waals surface area contributed by atoms with Gasteiger partial charge in [0.1, 0.15) is 5.56 Å². The molecule has 1 aromatic heterocycles. The van der Waals surface area contributed by atoms with Crippen LogP contribution in [0.5, 0.6) is 5.88 Å². The molecule has 0 spiro atoms. The summed E-state index contributed by atoms with van der Waals surface area (Å²) in [5.74, 6) is -0.825. The molecule has 0 amide bonds. The lowest BCUT2D eigenvalue weighted by Gasteiger charge is -2.06. The number of nitrogens with zero attached hydrogens (tertiary/aromatic N) is 1. The molecule has 1 N–H and O–H groups in total. The van der Waals surface area contributed by atoms with E-state index < -0.39 is 5.97 Å². The van der Waals surface area contributed by atoms with Crippen LogP contribution in [0.1, 0.15) is 22.8 Å². The van der Waals surface area contributed by atoms with E-state index >= 15 is 0 Å². The molecule has 0 aliphatic carbocycles. The molecule has 0 atom stereocenters. The van der Waals surface area contributed by atoms with E-state index in [2.05, 4.69) is 4.98 Å². The maximum absolute atomic E-state index is 10.8. The van der Waals surface area contributed by atoms with Crippen LogP contribution >= 0.6 is 0 Å². The third kappa shape index (κ3) is 1.77. The molecule has 4 nitrogen and oxygen atoms in total. The summed E-state index contributed by atoms with van der Waals surface area (Å²) < 4.78 is 4.86. The van der Waals surface area contributed by atoms with Crippen molar-refractivity contribution in [1.82, 2.24) is 4.98 Å². The predicted octanol–water partition coefficient (Wildman–Crippen LogP) is 1.35. The predicted molar refractivity (Wildman–Crippen MR) is 47.1 cm³/mol. The fraction of sp³-hybridized carbons (Fsp3) is 0.333. The van der Waals surface area contributed by atoms with Crippen molar-refractivity contribution in [2.45, 2.75) is 13.3 Å². The van der Waals surface area contributed by atoms with Crippen molar-refractivity contribution in [3.8, 4) is 5.88 Å². The normalized spacial score (nSPS) is 9.69. The number of carbonyl (C=O) groups is 1. The van der Waals surface area contributed by atoms with Crippen LogP contribution in [0.25, 0.3) is 0 Å². The Labute approximate surface area is 76.2 Å². The largest absolute Gasteiger partial charge is 0.480 e. The Morgan fingerprint density at radius 2 is 2.38 bits per heavy atom. The minimum Gasteiger partial charge on any atom is -0.480 e. The molecule has 13 heavy (non-hydrogen) atoms. The number of aryl methyl sites for hydroxylation is 1. The van der Waals surface area contributed by atoms with Gasteiger partial charge in [0.25, 0.3) is 0 Å². The van der Waals surface area contributed by atoms with Gasteiger partial charge in [-0.25, -0.2) is 9.78 Å². The van der Waals surface area contributed by atoms with Crippen molar-refractivity contribution >= 4 is 5.97 Å². The smallest absolute Gasteiger partial charge is 0.341 e. The molecule has 0 aromatic carbocycles. The lowest BCUT2D eigenvalue weighted by molar-refractivity contribution is 0.0691. The Morgan fingerprint density at radius 1 is 1.69 bits per heavy atom. The van der Waals surface area contributed by atoms with Crippen LogP contribution in [0.2, 0.25) is 0 Å². The summed E-state index contributed by atoms with van der Waals surface area (Å²) in [6, 6.07) is 1.69. The van der Waals surface area contributed by atoms with Crippen molar-refractivity contribution in [1.29, 1.82) is 0 Å². The van der Waals surface area contributed by atoms with Crippen molar-refractivity contribution in [3.63, 3.8) is 0 Å². The zero-order valence-corrected chi connectivity index (χ0v) is 7.57. The summed E-state index contributed by atoms with van der Waals surface area (Å²) in [6.45, 7) is 1.89. The maximum Gasteiger partial charge on any atom is 0.341 e. The summed E-state index contributed by atoms with van der Waals surface area (Å²) in [6.07, 6.45) is 2.20. The highest BCUT2D eigenvalue weighted by atomic mass is 16.5. The Hall–Kier alpha value is -1.58. The first-order valence-electron chi connectivity index (χ1n) is 3.95. The van der Waals surface area contributed by atoms with Crippen LogP contribution < -0.4 is 4.74 Å². The average molecular weight is 181 g/mol. The van der Waals surface area contributed by atoms with Crippen LogP contribution in [0, 0.1) is 0 Å². The van der Waals surface area contributed by atoms with Gasteiger partial charge in [-0.3, -0.25) is 0 Å². The van der Waals surface area contributed by atoms with E-state index in [-0.39, 0.29) is 11.4 Å². The lowest BCUT2D eigenvalue weighted by atomic mass is 10.1.